The fraction of sp³-hybridized carbons (Fsp3) is 0.222. The van der Waals surface area contributed by atoms with Crippen molar-refractivity contribution in [1.82, 2.24) is 19.7 Å². The van der Waals surface area contributed by atoms with Crippen LogP contribution in [-0.4, -0.2) is 32.8 Å². The molecular weight excluding hydrogens is 316 g/mol. The van der Waals surface area contributed by atoms with Gasteiger partial charge in [0.15, 0.2) is 5.82 Å². The third-order valence-electron chi connectivity index (χ3n) is 3.79. The summed E-state index contributed by atoms with van der Waals surface area (Å²) in [6.07, 6.45) is 1.68. The van der Waals surface area contributed by atoms with Crippen LogP contribution in [0.15, 0.2) is 54.9 Å². The molecule has 128 valence electrons. The van der Waals surface area contributed by atoms with Gasteiger partial charge in [-0.25, -0.2) is 9.78 Å². The minimum Gasteiger partial charge on any atom is -0.310 e. The lowest BCUT2D eigenvalue weighted by atomic mass is 10.3. The Morgan fingerprint density at radius 2 is 1.88 bits per heavy atom. The van der Waals surface area contributed by atoms with Crippen molar-refractivity contribution in [3.8, 4) is 11.5 Å². The average molecular weight is 336 g/mol. The molecule has 7 heteroatoms. The van der Waals surface area contributed by atoms with E-state index in [4.69, 9.17) is 0 Å². The highest BCUT2D eigenvalue weighted by atomic mass is 16.2. The topological polar surface area (TPSA) is 75.9 Å². The number of benzene rings is 1. The van der Waals surface area contributed by atoms with Gasteiger partial charge in [0, 0.05) is 18.8 Å². The van der Waals surface area contributed by atoms with Crippen LogP contribution in [0.5, 0.6) is 0 Å². The molecule has 0 radical (unpaired) electrons. The highest BCUT2D eigenvalue weighted by molar-refractivity contribution is 6.00. The Labute approximate surface area is 146 Å². The third kappa shape index (κ3) is 3.65. The quantitative estimate of drug-likeness (QED) is 0.790. The highest BCUT2D eigenvalue weighted by Crippen LogP contribution is 2.20. The molecule has 25 heavy (non-hydrogen) atoms. The van der Waals surface area contributed by atoms with E-state index in [2.05, 4.69) is 20.5 Å². The number of anilines is 2. The van der Waals surface area contributed by atoms with Gasteiger partial charge in [-0.3, -0.25) is 10.2 Å². The van der Waals surface area contributed by atoms with Crippen molar-refractivity contribution in [2.24, 2.45) is 0 Å². The molecule has 0 saturated heterocycles. The number of hydrogen-bond donors (Lipinski definition) is 1. The summed E-state index contributed by atoms with van der Waals surface area (Å²) in [5, 5.41) is 10.9. The van der Waals surface area contributed by atoms with E-state index in [1.807, 2.05) is 60.9 Å². The van der Waals surface area contributed by atoms with E-state index in [0.29, 0.717) is 17.3 Å². The molecule has 1 N–H and O–H groups in total. The Hall–Kier alpha value is -3.22. The lowest BCUT2D eigenvalue weighted by molar-refractivity contribution is 0.258. The molecular formula is C18H20N6O. The second kappa shape index (κ2) is 7.12. The van der Waals surface area contributed by atoms with Crippen LogP contribution in [0.3, 0.4) is 0 Å². The van der Waals surface area contributed by atoms with E-state index < -0.39 is 0 Å². The average Bonchev–Trinajstić information content (AvgIpc) is 3.12. The number of nitrogens with one attached hydrogen (secondary N) is 1. The highest BCUT2D eigenvalue weighted by Gasteiger charge is 2.14. The maximum Gasteiger partial charge on any atom is 0.327 e. The Morgan fingerprint density at radius 1 is 1.12 bits per heavy atom. The van der Waals surface area contributed by atoms with Gasteiger partial charge in [0.05, 0.1) is 0 Å². The van der Waals surface area contributed by atoms with Gasteiger partial charge < -0.3 is 4.57 Å². The summed E-state index contributed by atoms with van der Waals surface area (Å²) in [6.45, 7) is 4.10. The van der Waals surface area contributed by atoms with Crippen LogP contribution in [0.2, 0.25) is 0 Å². The molecule has 0 fully saturated rings. The number of amides is 2. The molecule has 2 aromatic heterocycles. The molecule has 7 nitrogen and oxygen atoms in total. The molecule has 0 aliphatic rings. The molecule has 0 bridgehead atoms. The van der Waals surface area contributed by atoms with Gasteiger partial charge in [-0.1, -0.05) is 24.3 Å². The van der Waals surface area contributed by atoms with Gasteiger partial charge in [-0.15, -0.1) is 10.2 Å². The first-order valence-corrected chi connectivity index (χ1v) is 8.03. The minimum atomic E-state index is -0.263. The maximum absolute atomic E-state index is 12.4. The van der Waals surface area contributed by atoms with Crippen molar-refractivity contribution < 1.29 is 4.79 Å². The third-order valence-corrected chi connectivity index (χ3v) is 3.79. The number of para-hydroxylation sites is 1. The van der Waals surface area contributed by atoms with E-state index >= 15 is 0 Å². The van der Waals surface area contributed by atoms with E-state index in [9.17, 15) is 4.79 Å². The molecule has 3 aromatic rings. The molecule has 0 spiro atoms. The lowest BCUT2D eigenvalue weighted by Crippen LogP contribution is -2.31. The molecule has 1 aromatic carbocycles. The summed E-state index contributed by atoms with van der Waals surface area (Å²) in [4.78, 5) is 18.5. The molecule has 0 unspecified atom stereocenters. The van der Waals surface area contributed by atoms with E-state index in [0.717, 1.165) is 5.69 Å². The van der Waals surface area contributed by atoms with Crippen LogP contribution in [-0.2, 0) is 0 Å². The fourth-order valence-electron chi connectivity index (χ4n) is 2.39. The van der Waals surface area contributed by atoms with E-state index in [1.165, 1.54) is 4.90 Å². The summed E-state index contributed by atoms with van der Waals surface area (Å²) in [6, 6.07) is 14.8. The van der Waals surface area contributed by atoms with Gasteiger partial charge in [-0.2, -0.15) is 0 Å². The van der Waals surface area contributed by atoms with Crippen LogP contribution in [0.25, 0.3) is 11.5 Å². The first-order chi connectivity index (χ1) is 12.1. The zero-order valence-electron chi connectivity index (χ0n) is 14.4. The summed E-state index contributed by atoms with van der Waals surface area (Å²) >= 11 is 0. The number of hydrogen-bond acceptors (Lipinski definition) is 4. The van der Waals surface area contributed by atoms with Crippen LogP contribution in [0, 0.1) is 0 Å². The van der Waals surface area contributed by atoms with Gasteiger partial charge >= 0.3 is 6.03 Å². The molecule has 2 heterocycles. The second-order valence-corrected chi connectivity index (χ2v) is 5.89. The Kier molecular flexibility index (Phi) is 4.74. The lowest BCUT2D eigenvalue weighted by Gasteiger charge is -2.18. The summed E-state index contributed by atoms with van der Waals surface area (Å²) < 4.78 is 1.93. The zero-order valence-corrected chi connectivity index (χ0v) is 14.4. The number of carbonyl (C=O) groups is 1. The number of urea groups is 1. The van der Waals surface area contributed by atoms with Gasteiger partial charge in [0.25, 0.3) is 0 Å². The molecule has 0 saturated carbocycles. The SMILES string of the molecule is CC(C)n1cnnc1-c1cccc(NC(=O)N(C)c2ccccc2)n1. The van der Waals surface area contributed by atoms with Crippen LogP contribution >= 0.6 is 0 Å². The van der Waals surface area contributed by atoms with E-state index in [1.54, 1.807) is 19.4 Å². The standard InChI is InChI=1S/C18H20N6O/c1-13(2)24-12-19-22-17(24)15-10-7-11-16(20-15)21-18(25)23(3)14-8-5-4-6-9-14/h4-13H,1-3H3,(H,20,21,25). The maximum atomic E-state index is 12.4. The number of pyridine rings is 1. The zero-order chi connectivity index (χ0) is 17.8. The van der Waals surface area contributed by atoms with Crippen molar-refractivity contribution in [2.75, 3.05) is 17.3 Å². The van der Waals surface area contributed by atoms with Crippen molar-refractivity contribution in [3.05, 3.63) is 54.9 Å². The van der Waals surface area contributed by atoms with Gasteiger partial charge in [-0.05, 0) is 38.1 Å². The Morgan fingerprint density at radius 3 is 2.60 bits per heavy atom. The van der Waals surface area contributed by atoms with Crippen molar-refractivity contribution >= 4 is 17.5 Å². The smallest absolute Gasteiger partial charge is 0.310 e. The Bertz CT molecular complexity index is 859. The first-order valence-electron chi connectivity index (χ1n) is 8.03. The Balaban J connectivity index is 1.80. The number of carbonyl (C=O) groups excluding carboxylic acids is 1. The van der Waals surface area contributed by atoms with Crippen LogP contribution < -0.4 is 10.2 Å². The van der Waals surface area contributed by atoms with Gasteiger partial charge in [0.1, 0.15) is 17.8 Å². The molecule has 3 rings (SSSR count). The summed E-state index contributed by atoms with van der Waals surface area (Å²) in [5.74, 6) is 1.13. The molecule has 2 amide bonds. The van der Waals surface area contributed by atoms with Crippen LogP contribution in [0.4, 0.5) is 16.3 Å². The second-order valence-electron chi connectivity index (χ2n) is 5.89. The normalized spacial score (nSPS) is 10.7. The largest absolute Gasteiger partial charge is 0.327 e. The molecule has 0 atom stereocenters. The predicted octanol–water partition coefficient (Wildman–Crippen LogP) is 3.59. The predicted molar refractivity (Wildman–Crippen MR) is 97.5 cm³/mol. The van der Waals surface area contributed by atoms with Crippen molar-refractivity contribution in [1.29, 1.82) is 0 Å². The van der Waals surface area contributed by atoms with E-state index in [-0.39, 0.29) is 12.1 Å². The molecule has 0 aliphatic heterocycles. The van der Waals surface area contributed by atoms with Crippen LogP contribution in [0.1, 0.15) is 19.9 Å². The van der Waals surface area contributed by atoms with Crippen molar-refractivity contribution in [2.45, 2.75) is 19.9 Å². The van der Waals surface area contributed by atoms with Gasteiger partial charge in [0.2, 0.25) is 0 Å². The first kappa shape index (κ1) is 16.6. The number of aromatic nitrogens is 4. The number of nitrogens with zero attached hydrogens (tertiary/aromatic N) is 5. The molecule has 0 aliphatic carbocycles. The fourth-order valence-corrected chi connectivity index (χ4v) is 2.39. The summed E-state index contributed by atoms with van der Waals surface area (Å²) in [7, 11) is 1.71. The number of rotatable bonds is 4. The summed E-state index contributed by atoms with van der Waals surface area (Å²) in [5.41, 5.74) is 1.46. The van der Waals surface area contributed by atoms with Crippen molar-refractivity contribution in [3.63, 3.8) is 0 Å². The monoisotopic (exact) mass is 336 g/mol. The minimum absolute atomic E-state index is 0.217.